The quantitative estimate of drug-likeness (QED) is 0.869. The third kappa shape index (κ3) is 2.30. The lowest BCUT2D eigenvalue weighted by atomic mass is 10.4. The van der Waals surface area contributed by atoms with Crippen LogP contribution in [-0.2, 0) is 13.0 Å². The van der Waals surface area contributed by atoms with Crippen LogP contribution in [-0.4, -0.2) is 9.59 Å². The summed E-state index contributed by atoms with van der Waals surface area (Å²) in [5.41, 5.74) is 0. The van der Waals surface area contributed by atoms with E-state index in [9.17, 15) is 0 Å². The highest BCUT2D eigenvalue weighted by atomic mass is 32.1. The minimum absolute atomic E-state index is 0.870. The predicted molar refractivity (Wildman–Crippen MR) is 60.9 cm³/mol. The summed E-state index contributed by atoms with van der Waals surface area (Å²) in [5.74, 6) is 0. The summed E-state index contributed by atoms with van der Waals surface area (Å²) >= 11 is 3.24. The molecule has 0 atom stereocenters. The minimum atomic E-state index is 0.870. The summed E-state index contributed by atoms with van der Waals surface area (Å²) in [6, 6.07) is 4.36. The van der Waals surface area contributed by atoms with Crippen molar-refractivity contribution in [2.45, 2.75) is 19.9 Å². The molecule has 0 unspecified atom stereocenters. The van der Waals surface area contributed by atoms with Crippen molar-refractivity contribution in [3.05, 3.63) is 28.1 Å². The van der Waals surface area contributed by atoms with Gasteiger partial charge in [0.1, 0.15) is 5.00 Å². The summed E-state index contributed by atoms with van der Waals surface area (Å²) < 4.78 is 3.79. The molecule has 5 heteroatoms. The van der Waals surface area contributed by atoms with Crippen LogP contribution < -0.4 is 5.32 Å². The zero-order chi connectivity index (χ0) is 9.80. The molecule has 0 radical (unpaired) electrons. The van der Waals surface area contributed by atoms with Crippen molar-refractivity contribution < 1.29 is 0 Å². The van der Waals surface area contributed by atoms with Crippen LogP contribution in [0.4, 0.5) is 5.00 Å². The van der Waals surface area contributed by atoms with Gasteiger partial charge < -0.3 is 5.32 Å². The number of aryl methyl sites for hydroxylation is 1. The van der Waals surface area contributed by atoms with Gasteiger partial charge in [-0.3, -0.25) is 0 Å². The van der Waals surface area contributed by atoms with Crippen molar-refractivity contribution in [1.82, 2.24) is 9.59 Å². The van der Waals surface area contributed by atoms with Crippen molar-refractivity contribution >= 4 is 27.9 Å². The van der Waals surface area contributed by atoms with Gasteiger partial charge in [-0.25, -0.2) is 0 Å². The normalized spacial score (nSPS) is 10.4. The molecule has 2 aromatic rings. The Kier molecular flexibility index (Phi) is 3.10. The SMILES string of the molecule is CCc1ccc(CNc2cnns2)s1. The predicted octanol–water partition coefficient (Wildman–Crippen LogP) is 2.77. The van der Waals surface area contributed by atoms with Gasteiger partial charge in [-0.05, 0) is 18.6 Å². The van der Waals surface area contributed by atoms with E-state index in [0.29, 0.717) is 0 Å². The summed E-state index contributed by atoms with van der Waals surface area (Å²) in [6.07, 6.45) is 2.87. The maximum absolute atomic E-state index is 3.79. The summed E-state index contributed by atoms with van der Waals surface area (Å²) in [6.45, 7) is 3.05. The lowest BCUT2D eigenvalue weighted by Gasteiger charge is -1.97. The summed E-state index contributed by atoms with van der Waals surface area (Å²) in [7, 11) is 0. The number of thiophene rings is 1. The average Bonchev–Trinajstić information content (AvgIpc) is 2.86. The molecule has 2 heterocycles. The fourth-order valence-corrected chi connectivity index (χ4v) is 2.44. The van der Waals surface area contributed by atoms with E-state index in [1.54, 1.807) is 6.20 Å². The third-order valence-corrected chi connectivity index (χ3v) is 3.72. The maximum atomic E-state index is 3.79. The molecule has 0 saturated heterocycles. The Labute approximate surface area is 91.0 Å². The van der Waals surface area contributed by atoms with Gasteiger partial charge in [-0.1, -0.05) is 11.4 Å². The molecule has 0 spiro atoms. The topological polar surface area (TPSA) is 37.8 Å². The van der Waals surface area contributed by atoms with Crippen LogP contribution in [0.15, 0.2) is 18.3 Å². The van der Waals surface area contributed by atoms with E-state index in [4.69, 9.17) is 0 Å². The highest BCUT2D eigenvalue weighted by Gasteiger charge is 1.99. The van der Waals surface area contributed by atoms with E-state index in [2.05, 4.69) is 34.0 Å². The second-order valence-corrected chi connectivity index (χ2v) is 4.90. The van der Waals surface area contributed by atoms with Crippen molar-refractivity contribution in [3.63, 3.8) is 0 Å². The Morgan fingerprint density at radius 1 is 1.36 bits per heavy atom. The van der Waals surface area contributed by atoms with E-state index >= 15 is 0 Å². The van der Waals surface area contributed by atoms with Gasteiger partial charge in [0.15, 0.2) is 0 Å². The number of nitrogens with one attached hydrogen (secondary N) is 1. The van der Waals surface area contributed by atoms with Gasteiger partial charge >= 0.3 is 0 Å². The molecular weight excluding hydrogens is 214 g/mol. The monoisotopic (exact) mass is 225 g/mol. The number of nitrogens with zero attached hydrogens (tertiary/aromatic N) is 2. The lowest BCUT2D eigenvalue weighted by molar-refractivity contribution is 1.15. The fraction of sp³-hybridized carbons (Fsp3) is 0.333. The summed E-state index contributed by atoms with van der Waals surface area (Å²) in [5, 5.41) is 8.07. The second-order valence-electron chi connectivity index (χ2n) is 2.86. The average molecular weight is 225 g/mol. The number of aromatic nitrogens is 2. The van der Waals surface area contributed by atoms with Crippen LogP contribution in [0.1, 0.15) is 16.7 Å². The highest BCUT2D eigenvalue weighted by Crippen LogP contribution is 2.19. The molecule has 2 aromatic heterocycles. The number of rotatable bonds is 4. The highest BCUT2D eigenvalue weighted by molar-refractivity contribution is 7.12. The molecule has 0 bridgehead atoms. The largest absolute Gasteiger partial charge is 0.369 e. The molecule has 0 aliphatic carbocycles. The third-order valence-electron chi connectivity index (χ3n) is 1.86. The molecule has 0 fully saturated rings. The molecule has 0 aromatic carbocycles. The zero-order valence-electron chi connectivity index (χ0n) is 7.86. The van der Waals surface area contributed by atoms with E-state index < -0.39 is 0 Å². The molecule has 0 aliphatic rings. The minimum Gasteiger partial charge on any atom is -0.369 e. The second kappa shape index (κ2) is 4.52. The molecule has 0 saturated carbocycles. The van der Waals surface area contributed by atoms with Gasteiger partial charge in [-0.15, -0.1) is 16.4 Å². The van der Waals surface area contributed by atoms with Crippen LogP contribution in [0.25, 0.3) is 0 Å². The Bertz CT molecular complexity index is 380. The van der Waals surface area contributed by atoms with Gasteiger partial charge in [0.2, 0.25) is 0 Å². The standard InChI is InChI=1S/C9H11N3S2/c1-2-7-3-4-8(13-7)5-10-9-6-11-12-14-9/h3-4,6,10H,2,5H2,1H3. The van der Waals surface area contributed by atoms with E-state index in [-0.39, 0.29) is 0 Å². The Hall–Kier alpha value is -0.940. The first-order valence-electron chi connectivity index (χ1n) is 4.47. The van der Waals surface area contributed by atoms with Gasteiger partial charge in [0.05, 0.1) is 12.7 Å². The van der Waals surface area contributed by atoms with Crippen molar-refractivity contribution in [1.29, 1.82) is 0 Å². The Morgan fingerprint density at radius 3 is 2.86 bits per heavy atom. The molecule has 1 N–H and O–H groups in total. The number of hydrogen-bond donors (Lipinski definition) is 1. The van der Waals surface area contributed by atoms with Crippen molar-refractivity contribution in [3.8, 4) is 0 Å². The Balaban J connectivity index is 1.92. The maximum Gasteiger partial charge on any atom is 0.130 e. The van der Waals surface area contributed by atoms with Crippen LogP contribution in [0.2, 0.25) is 0 Å². The fourth-order valence-electron chi connectivity index (χ4n) is 1.13. The van der Waals surface area contributed by atoms with Gasteiger partial charge in [0.25, 0.3) is 0 Å². The smallest absolute Gasteiger partial charge is 0.130 e. The molecule has 2 rings (SSSR count). The van der Waals surface area contributed by atoms with Crippen LogP contribution in [0, 0.1) is 0 Å². The van der Waals surface area contributed by atoms with Crippen LogP contribution in [0.5, 0.6) is 0 Å². The molecule has 0 aliphatic heterocycles. The Morgan fingerprint density at radius 2 is 2.21 bits per heavy atom. The van der Waals surface area contributed by atoms with E-state index in [1.165, 1.54) is 21.3 Å². The first kappa shape index (κ1) is 9.61. The zero-order valence-corrected chi connectivity index (χ0v) is 9.49. The van der Waals surface area contributed by atoms with Gasteiger partial charge in [0, 0.05) is 21.3 Å². The van der Waals surface area contributed by atoms with E-state index in [0.717, 1.165) is 18.0 Å². The van der Waals surface area contributed by atoms with E-state index in [1.807, 2.05) is 11.3 Å². The molecule has 14 heavy (non-hydrogen) atoms. The first-order valence-corrected chi connectivity index (χ1v) is 6.06. The lowest BCUT2D eigenvalue weighted by Crippen LogP contribution is -1.94. The van der Waals surface area contributed by atoms with Crippen LogP contribution in [0.3, 0.4) is 0 Å². The van der Waals surface area contributed by atoms with Crippen LogP contribution >= 0.6 is 22.9 Å². The van der Waals surface area contributed by atoms with Crippen molar-refractivity contribution in [2.75, 3.05) is 5.32 Å². The van der Waals surface area contributed by atoms with Crippen molar-refractivity contribution in [2.24, 2.45) is 0 Å². The molecule has 74 valence electrons. The molecule has 0 amide bonds. The number of anilines is 1. The van der Waals surface area contributed by atoms with Gasteiger partial charge in [-0.2, -0.15) is 0 Å². The number of hydrogen-bond acceptors (Lipinski definition) is 5. The first-order chi connectivity index (χ1) is 6.88. The molecular formula is C9H11N3S2. The molecule has 3 nitrogen and oxygen atoms in total. The summed E-state index contributed by atoms with van der Waals surface area (Å²) in [4.78, 5) is 2.79.